The van der Waals surface area contributed by atoms with Crippen LogP contribution in [0.4, 0.5) is 15.8 Å². The third-order valence-electron chi connectivity index (χ3n) is 3.06. The second-order valence-electron chi connectivity index (χ2n) is 4.43. The average Bonchev–Trinajstić information content (AvgIpc) is 2.88. The van der Waals surface area contributed by atoms with Gasteiger partial charge in [0.25, 0.3) is 5.69 Å². The Kier molecular flexibility index (Phi) is 4.43. The van der Waals surface area contributed by atoms with Crippen molar-refractivity contribution in [3.63, 3.8) is 0 Å². The number of thioether (sulfide) groups is 1. The highest BCUT2D eigenvalue weighted by Gasteiger charge is 2.23. The number of carboxylic acids is 1. The van der Waals surface area contributed by atoms with Gasteiger partial charge in [0.2, 0.25) is 0 Å². The Bertz CT molecular complexity index is 547. The van der Waals surface area contributed by atoms with Crippen molar-refractivity contribution in [1.82, 2.24) is 0 Å². The molecule has 20 heavy (non-hydrogen) atoms. The van der Waals surface area contributed by atoms with Crippen LogP contribution < -0.4 is 5.32 Å². The topological polar surface area (TPSA) is 92.5 Å². The molecule has 1 atom stereocenters. The minimum Gasteiger partial charge on any atom is -0.478 e. The standard InChI is InChI=1S/C12H13FN2O4S/c13-9-5-10(14-6-7-2-1-3-20-7)11(15(18)19)4-8(9)12(16)17/h4-5,7,14H,1-3,6H2,(H,16,17). The number of hydrogen-bond acceptors (Lipinski definition) is 5. The first-order chi connectivity index (χ1) is 9.49. The summed E-state index contributed by atoms with van der Waals surface area (Å²) in [6, 6.07) is 1.63. The summed E-state index contributed by atoms with van der Waals surface area (Å²) in [4.78, 5) is 21.0. The van der Waals surface area contributed by atoms with Crippen molar-refractivity contribution in [2.75, 3.05) is 17.6 Å². The molecule has 0 radical (unpaired) electrons. The lowest BCUT2D eigenvalue weighted by atomic mass is 10.1. The molecule has 2 N–H and O–H groups in total. The Labute approximate surface area is 118 Å². The zero-order valence-corrected chi connectivity index (χ0v) is 11.3. The number of anilines is 1. The van der Waals surface area contributed by atoms with Gasteiger partial charge >= 0.3 is 5.97 Å². The molecule has 1 saturated heterocycles. The van der Waals surface area contributed by atoms with Crippen molar-refractivity contribution in [3.05, 3.63) is 33.6 Å². The summed E-state index contributed by atoms with van der Waals surface area (Å²) >= 11 is 1.77. The molecule has 0 saturated carbocycles. The zero-order valence-electron chi connectivity index (χ0n) is 10.5. The maximum absolute atomic E-state index is 13.6. The Morgan fingerprint density at radius 1 is 1.60 bits per heavy atom. The van der Waals surface area contributed by atoms with Crippen LogP contribution in [0, 0.1) is 15.9 Å². The number of nitrogens with zero attached hydrogens (tertiary/aromatic N) is 1. The SMILES string of the molecule is O=C(O)c1cc([N+](=O)[O-])c(NCC2CCCS2)cc1F. The van der Waals surface area contributed by atoms with E-state index in [2.05, 4.69) is 5.32 Å². The summed E-state index contributed by atoms with van der Waals surface area (Å²) in [5.41, 5.74) is -1.10. The highest BCUT2D eigenvalue weighted by atomic mass is 32.2. The minimum absolute atomic E-state index is 0.0185. The van der Waals surface area contributed by atoms with Gasteiger partial charge in [-0.3, -0.25) is 10.1 Å². The number of halogens is 1. The molecule has 2 rings (SSSR count). The summed E-state index contributed by atoms with van der Waals surface area (Å²) in [7, 11) is 0. The summed E-state index contributed by atoms with van der Waals surface area (Å²) in [6.07, 6.45) is 2.12. The molecule has 1 unspecified atom stereocenters. The Hall–Kier alpha value is -1.83. The van der Waals surface area contributed by atoms with Gasteiger partial charge in [-0.05, 0) is 18.6 Å². The first-order valence-corrected chi connectivity index (χ1v) is 7.10. The third-order valence-corrected chi connectivity index (χ3v) is 4.45. The Morgan fingerprint density at radius 3 is 2.90 bits per heavy atom. The van der Waals surface area contributed by atoms with Crippen LogP contribution in [0.15, 0.2) is 12.1 Å². The maximum Gasteiger partial charge on any atom is 0.338 e. The van der Waals surface area contributed by atoms with Crippen LogP contribution in [0.2, 0.25) is 0 Å². The van der Waals surface area contributed by atoms with Gasteiger partial charge in [-0.2, -0.15) is 11.8 Å². The lowest BCUT2D eigenvalue weighted by molar-refractivity contribution is -0.384. The van der Waals surface area contributed by atoms with Crippen LogP contribution in [0.5, 0.6) is 0 Å². The smallest absolute Gasteiger partial charge is 0.338 e. The van der Waals surface area contributed by atoms with Crippen LogP contribution in [0.3, 0.4) is 0 Å². The molecule has 0 spiro atoms. The van der Waals surface area contributed by atoms with Crippen molar-refractivity contribution in [3.8, 4) is 0 Å². The molecule has 1 aliphatic heterocycles. The van der Waals surface area contributed by atoms with Crippen LogP contribution in [0.25, 0.3) is 0 Å². The van der Waals surface area contributed by atoms with E-state index in [-0.39, 0.29) is 5.69 Å². The van der Waals surface area contributed by atoms with Gasteiger partial charge in [-0.1, -0.05) is 0 Å². The highest BCUT2D eigenvalue weighted by molar-refractivity contribution is 8.00. The highest BCUT2D eigenvalue weighted by Crippen LogP contribution is 2.30. The molecule has 0 bridgehead atoms. The monoisotopic (exact) mass is 300 g/mol. The molecule has 0 aromatic heterocycles. The van der Waals surface area contributed by atoms with E-state index in [0.717, 1.165) is 30.7 Å². The van der Waals surface area contributed by atoms with E-state index in [4.69, 9.17) is 5.11 Å². The molecule has 0 aliphatic carbocycles. The molecule has 1 aromatic rings. The van der Waals surface area contributed by atoms with Crippen LogP contribution >= 0.6 is 11.8 Å². The first-order valence-electron chi connectivity index (χ1n) is 6.05. The molecule has 8 heteroatoms. The number of benzene rings is 1. The minimum atomic E-state index is -1.52. The average molecular weight is 300 g/mol. The van der Waals surface area contributed by atoms with Crippen molar-refractivity contribution in [1.29, 1.82) is 0 Å². The fraction of sp³-hybridized carbons (Fsp3) is 0.417. The number of aromatic carboxylic acids is 1. The second-order valence-corrected chi connectivity index (χ2v) is 5.84. The summed E-state index contributed by atoms with van der Waals surface area (Å²) in [5, 5.41) is 22.9. The number of rotatable bonds is 5. The Morgan fingerprint density at radius 2 is 2.35 bits per heavy atom. The van der Waals surface area contributed by atoms with Crippen molar-refractivity contribution < 1.29 is 19.2 Å². The summed E-state index contributed by atoms with van der Waals surface area (Å²) < 4.78 is 13.6. The number of carbonyl (C=O) groups is 1. The number of nitrogens with one attached hydrogen (secondary N) is 1. The van der Waals surface area contributed by atoms with Crippen molar-refractivity contribution in [2.24, 2.45) is 0 Å². The van der Waals surface area contributed by atoms with Gasteiger partial charge in [0.05, 0.1) is 4.92 Å². The number of nitro groups is 1. The molecule has 6 nitrogen and oxygen atoms in total. The lowest BCUT2D eigenvalue weighted by Gasteiger charge is -2.12. The molecular weight excluding hydrogens is 287 g/mol. The Balaban J connectivity index is 2.23. The zero-order chi connectivity index (χ0) is 14.7. The third kappa shape index (κ3) is 3.19. The maximum atomic E-state index is 13.6. The van der Waals surface area contributed by atoms with Crippen molar-refractivity contribution >= 4 is 29.1 Å². The van der Waals surface area contributed by atoms with Crippen LogP contribution in [-0.4, -0.2) is 33.5 Å². The fourth-order valence-electron chi connectivity index (χ4n) is 2.05. The summed E-state index contributed by atoms with van der Waals surface area (Å²) in [6.45, 7) is 0.497. The first kappa shape index (κ1) is 14.6. The van der Waals surface area contributed by atoms with E-state index >= 15 is 0 Å². The molecule has 108 valence electrons. The van der Waals surface area contributed by atoms with E-state index in [9.17, 15) is 19.3 Å². The van der Waals surface area contributed by atoms with E-state index in [1.165, 1.54) is 0 Å². The number of carboxylic acid groups (broad SMARTS) is 1. The van der Waals surface area contributed by atoms with Gasteiger partial charge in [0, 0.05) is 23.9 Å². The van der Waals surface area contributed by atoms with E-state index < -0.39 is 28.0 Å². The van der Waals surface area contributed by atoms with Crippen LogP contribution in [-0.2, 0) is 0 Å². The fourth-order valence-corrected chi connectivity index (χ4v) is 3.25. The van der Waals surface area contributed by atoms with Crippen molar-refractivity contribution in [2.45, 2.75) is 18.1 Å². The molecule has 1 aromatic carbocycles. The predicted molar refractivity (Wildman–Crippen MR) is 74.0 cm³/mol. The van der Waals surface area contributed by atoms with Gasteiger partial charge in [0.15, 0.2) is 0 Å². The van der Waals surface area contributed by atoms with Gasteiger partial charge < -0.3 is 10.4 Å². The van der Waals surface area contributed by atoms with E-state index in [1.807, 2.05) is 0 Å². The normalized spacial score (nSPS) is 17.9. The molecule has 0 amide bonds. The largest absolute Gasteiger partial charge is 0.478 e. The van der Waals surface area contributed by atoms with E-state index in [1.54, 1.807) is 11.8 Å². The van der Waals surface area contributed by atoms with Crippen LogP contribution in [0.1, 0.15) is 23.2 Å². The molecule has 1 aliphatic rings. The van der Waals surface area contributed by atoms with Gasteiger partial charge in [-0.25, -0.2) is 9.18 Å². The van der Waals surface area contributed by atoms with Gasteiger partial charge in [0.1, 0.15) is 17.1 Å². The lowest BCUT2D eigenvalue weighted by Crippen LogP contribution is -2.15. The van der Waals surface area contributed by atoms with Gasteiger partial charge in [-0.15, -0.1) is 0 Å². The number of hydrogen-bond donors (Lipinski definition) is 2. The summed E-state index contributed by atoms with van der Waals surface area (Å²) in [5.74, 6) is -1.45. The van der Waals surface area contributed by atoms with E-state index in [0.29, 0.717) is 11.8 Å². The molecule has 1 heterocycles. The quantitative estimate of drug-likeness (QED) is 0.641. The predicted octanol–water partition coefficient (Wildman–Crippen LogP) is 2.74. The number of nitro benzene ring substituents is 1. The molecular formula is C12H13FN2O4S. The second kappa shape index (κ2) is 6.08. The molecule has 1 fully saturated rings.